The van der Waals surface area contributed by atoms with Crippen LogP contribution in [0.15, 0.2) is 24.3 Å². The molecule has 0 spiro atoms. The molecule has 1 unspecified atom stereocenters. The molecule has 0 N–H and O–H groups in total. The lowest BCUT2D eigenvalue weighted by molar-refractivity contribution is 0.291. The molecule has 0 heterocycles. The molecular formula is C10H15F. The van der Waals surface area contributed by atoms with E-state index in [1.807, 2.05) is 6.92 Å². The third kappa shape index (κ3) is 2.87. The summed E-state index contributed by atoms with van der Waals surface area (Å²) in [7, 11) is 0. The van der Waals surface area contributed by atoms with Crippen molar-refractivity contribution in [1.82, 2.24) is 0 Å². The van der Waals surface area contributed by atoms with Gasteiger partial charge in [0, 0.05) is 0 Å². The van der Waals surface area contributed by atoms with Crippen LogP contribution in [0.3, 0.4) is 0 Å². The van der Waals surface area contributed by atoms with Gasteiger partial charge in [-0.25, -0.2) is 4.39 Å². The highest BCUT2D eigenvalue weighted by molar-refractivity contribution is 5.08. The van der Waals surface area contributed by atoms with Crippen LogP contribution in [0.5, 0.6) is 0 Å². The average Bonchev–Trinajstić information content (AvgIpc) is 2.06. The molecule has 62 valence electrons. The molecule has 0 saturated carbocycles. The van der Waals surface area contributed by atoms with Gasteiger partial charge in [0.1, 0.15) is 6.17 Å². The Balaban J connectivity index is 2.30. The molecule has 0 saturated heterocycles. The van der Waals surface area contributed by atoms with Gasteiger partial charge in [0.05, 0.1) is 0 Å². The van der Waals surface area contributed by atoms with E-state index < -0.39 is 6.17 Å². The quantitative estimate of drug-likeness (QED) is 0.547. The van der Waals surface area contributed by atoms with Crippen LogP contribution in [0.1, 0.15) is 26.2 Å². The molecule has 0 aromatic heterocycles. The third-order valence-corrected chi connectivity index (χ3v) is 2.01. The van der Waals surface area contributed by atoms with Crippen LogP contribution in [-0.4, -0.2) is 6.17 Å². The van der Waals surface area contributed by atoms with E-state index in [-0.39, 0.29) is 0 Å². The Morgan fingerprint density at radius 2 is 2.09 bits per heavy atom. The van der Waals surface area contributed by atoms with Gasteiger partial charge in [-0.15, -0.1) is 0 Å². The molecule has 0 aromatic rings. The first-order chi connectivity index (χ1) is 5.33. The molecule has 1 heteroatoms. The van der Waals surface area contributed by atoms with E-state index in [4.69, 9.17) is 0 Å². The molecule has 0 amide bonds. The van der Waals surface area contributed by atoms with Crippen LogP contribution in [-0.2, 0) is 0 Å². The van der Waals surface area contributed by atoms with E-state index in [2.05, 4.69) is 24.3 Å². The van der Waals surface area contributed by atoms with Gasteiger partial charge in [0.15, 0.2) is 0 Å². The topological polar surface area (TPSA) is 0 Å². The van der Waals surface area contributed by atoms with Crippen LogP contribution in [0.2, 0.25) is 0 Å². The number of halogens is 1. The Morgan fingerprint density at radius 1 is 1.45 bits per heavy atom. The van der Waals surface area contributed by atoms with Gasteiger partial charge < -0.3 is 0 Å². The van der Waals surface area contributed by atoms with Crippen molar-refractivity contribution < 1.29 is 4.39 Å². The summed E-state index contributed by atoms with van der Waals surface area (Å²) in [6, 6.07) is 0. The summed E-state index contributed by atoms with van der Waals surface area (Å²) in [4.78, 5) is 0. The van der Waals surface area contributed by atoms with E-state index in [9.17, 15) is 4.39 Å². The number of allylic oxidation sites excluding steroid dienone is 4. The van der Waals surface area contributed by atoms with E-state index in [0.29, 0.717) is 18.8 Å². The van der Waals surface area contributed by atoms with Crippen molar-refractivity contribution in [3.8, 4) is 0 Å². The van der Waals surface area contributed by atoms with Gasteiger partial charge in [-0.3, -0.25) is 0 Å². The molecule has 0 fully saturated rings. The lowest BCUT2D eigenvalue weighted by Crippen LogP contribution is -2.05. The van der Waals surface area contributed by atoms with Gasteiger partial charge in [-0.2, -0.15) is 0 Å². The van der Waals surface area contributed by atoms with E-state index in [1.165, 1.54) is 0 Å². The molecule has 1 aliphatic carbocycles. The molecule has 1 rings (SSSR count). The standard InChI is InChI=1S/C10H15F/c1-2-10(11)8-9-6-4-3-5-7-9/h4-7,9-10H,2-3,8H2,1H3. The minimum Gasteiger partial charge on any atom is -0.247 e. The van der Waals surface area contributed by atoms with Crippen LogP contribution >= 0.6 is 0 Å². The smallest absolute Gasteiger partial charge is 0.101 e. The highest BCUT2D eigenvalue weighted by Crippen LogP contribution is 2.18. The van der Waals surface area contributed by atoms with Crippen molar-refractivity contribution in [2.24, 2.45) is 5.92 Å². The third-order valence-electron chi connectivity index (χ3n) is 2.01. The van der Waals surface area contributed by atoms with Crippen LogP contribution in [0, 0.1) is 5.92 Å². The maximum atomic E-state index is 12.8. The minimum absolute atomic E-state index is 0.346. The minimum atomic E-state index is -0.632. The van der Waals surface area contributed by atoms with Crippen LogP contribution in [0.25, 0.3) is 0 Å². The lowest BCUT2D eigenvalue weighted by atomic mass is 9.96. The molecule has 0 radical (unpaired) electrons. The predicted molar refractivity (Wildman–Crippen MR) is 46.2 cm³/mol. The van der Waals surface area contributed by atoms with Crippen molar-refractivity contribution in [3.05, 3.63) is 24.3 Å². The summed E-state index contributed by atoms with van der Waals surface area (Å²) in [6.45, 7) is 1.89. The monoisotopic (exact) mass is 154 g/mol. The fourth-order valence-corrected chi connectivity index (χ4v) is 1.27. The molecule has 0 aromatic carbocycles. The van der Waals surface area contributed by atoms with Crippen LogP contribution in [0.4, 0.5) is 4.39 Å². The number of hydrogen-bond donors (Lipinski definition) is 0. The summed E-state index contributed by atoms with van der Waals surface area (Å²) in [5.74, 6) is 0.346. The normalized spacial score (nSPS) is 20.5. The lowest BCUT2D eigenvalue weighted by Gasteiger charge is -2.12. The molecule has 1 aliphatic rings. The van der Waals surface area contributed by atoms with Crippen LogP contribution < -0.4 is 0 Å². The number of alkyl halides is 1. The highest BCUT2D eigenvalue weighted by Gasteiger charge is 2.09. The van der Waals surface area contributed by atoms with Gasteiger partial charge in [-0.05, 0) is 25.2 Å². The number of rotatable bonds is 3. The Bertz CT molecular complexity index is 146. The van der Waals surface area contributed by atoms with E-state index >= 15 is 0 Å². The van der Waals surface area contributed by atoms with E-state index in [1.54, 1.807) is 0 Å². The summed E-state index contributed by atoms with van der Waals surface area (Å²) >= 11 is 0. The summed E-state index contributed by atoms with van der Waals surface area (Å²) in [6.07, 6.45) is 10.1. The zero-order valence-electron chi connectivity index (χ0n) is 6.96. The summed E-state index contributed by atoms with van der Waals surface area (Å²) < 4.78 is 12.8. The molecular weight excluding hydrogens is 139 g/mol. The van der Waals surface area contributed by atoms with Gasteiger partial charge >= 0.3 is 0 Å². The zero-order valence-corrected chi connectivity index (χ0v) is 6.96. The Labute approximate surface area is 67.8 Å². The molecule has 0 bridgehead atoms. The van der Waals surface area contributed by atoms with Gasteiger partial charge in [-0.1, -0.05) is 31.2 Å². The Morgan fingerprint density at radius 3 is 2.64 bits per heavy atom. The fraction of sp³-hybridized carbons (Fsp3) is 0.600. The first-order valence-electron chi connectivity index (χ1n) is 4.30. The molecule has 1 atom stereocenters. The Hall–Kier alpha value is -0.590. The first-order valence-corrected chi connectivity index (χ1v) is 4.30. The largest absolute Gasteiger partial charge is 0.247 e. The second-order valence-corrected chi connectivity index (χ2v) is 3.00. The van der Waals surface area contributed by atoms with E-state index in [0.717, 1.165) is 6.42 Å². The zero-order chi connectivity index (χ0) is 8.10. The fourth-order valence-electron chi connectivity index (χ4n) is 1.27. The predicted octanol–water partition coefficient (Wildman–Crippen LogP) is 3.26. The first kappa shape index (κ1) is 8.51. The van der Waals surface area contributed by atoms with Gasteiger partial charge in [0.2, 0.25) is 0 Å². The molecule has 11 heavy (non-hydrogen) atoms. The second-order valence-electron chi connectivity index (χ2n) is 3.00. The van der Waals surface area contributed by atoms with Gasteiger partial charge in [0.25, 0.3) is 0 Å². The molecule has 0 nitrogen and oxygen atoms in total. The maximum absolute atomic E-state index is 12.8. The van der Waals surface area contributed by atoms with Crippen molar-refractivity contribution in [1.29, 1.82) is 0 Å². The summed E-state index contributed by atoms with van der Waals surface area (Å²) in [5.41, 5.74) is 0. The maximum Gasteiger partial charge on any atom is 0.101 e. The van der Waals surface area contributed by atoms with Crippen molar-refractivity contribution >= 4 is 0 Å². The van der Waals surface area contributed by atoms with Crippen molar-refractivity contribution in [3.63, 3.8) is 0 Å². The Kier molecular flexibility index (Phi) is 3.34. The van der Waals surface area contributed by atoms with Crippen molar-refractivity contribution in [2.45, 2.75) is 32.4 Å². The average molecular weight is 154 g/mol. The van der Waals surface area contributed by atoms with Crippen molar-refractivity contribution in [2.75, 3.05) is 0 Å². The number of hydrogen-bond acceptors (Lipinski definition) is 0. The SMILES string of the molecule is CCC(F)CC1C=CCC=C1. The second kappa shape index (κ2) is 4.32. The summed E-state index contributed by atoms with van der Waals surface area (Å²) in [5, 5.41) is 0. The molecule has 0 aliphatic heterocycles. The highest BCUT2D eigenvalue weighted by atomic mass is 19.1.